The van der Waals surface area contributed by atoms with Crippen molar-refractivity contribution in [3.8, 4) is 0 Å². The van der Waals surface area contributed by atoms with Crippen molar-refractivity contribution in [2.75, 3.05) is 13.2 Å². The molecule has 4 nitrogen and oxygen atoms in total. The Hall–Kier alpha value is 0.800. The predicted octanol–water partition coefficient (Wildman–Crippen LogP) is 0.361. The molecule has 0 aromatic carbocycles. The van der Waals surface area contributed by atoms with E-state index < -0.39 is 12.2 Å². The zero-order valence-electron chi connectivity index (χ0n) is 5.04. The van der Waals surface area contributed by atoms with E-state index >= 15 is 0 Å². The molecule has 10 heavy (non-hydrogen) atoms. The number of rotatable bonds is 5. The Balaban J connectivity index is 3.56. The van der Waals surface area contributed by atoms with Crippen LogP contribution < -0.4 is 0 Å². The highest BCUT2D eigenvalue weighted by molar-refractivity contribution is 9.06. The summed E-state index contributed by atoms with van der Waals surface area (Å²) in [6, 6.07) is 0. The lowest BCUT2D eigenvalue weighted by Crippen LogP contribution is -2.32. The van der Waals surface area contributed by atoms with Crippen molar-refractivity contribution in [2.45, 2.75) is 12.2 Å². The van der Waals surface area contributed by atoms with Crippen LogP contribution in [0, 0.1) is 0 Å². The Kier molecular flexibility index (Phi) is 7.03. The summed E-state index contributed by atoms with van der Waals surface area (Å²) in [5, 5.41) is 17.4. The predicted molar refractivity (Wildman–Crippen MR) is 41.8 cm³/mol. The van der Waals surface area contributed by atoms with Gasteiger partial charge in [0.1, 0.15) is 12.2 Å². The fourth-order valence-corrected chi connectivity index (χ4v) is 0.993. The summed E-state index contributed by atoms with van der Waals surface area (Å²) in [6.45, 7) is -0.195. The van der Waals surface area contributed by atoms with Crippen LogP contribution >= 0.6 is 32.5 Å². The van der Waals surface area contributed by atoms with Gasteiger partial charge in [-0.3, -0.25) is 3.83 Å². The number of hydrogen-bond donors (Lipinski definition) is 2. The number of hydrogen-bond acceptors (Lipinski definition) is 4. The SMILES string of the molecule is OC[C@@H](O)[C@H](COBr)OBr. The Labute approximate surface area is 76.0 Å². The molecule has 0 aliphatic rings. The van der Waals surface area contributed by atoms with Crippen molar-refractivity contribution < 1.29 is 17.9 Å². The third kappa shape index (κ3) is 3.85. The largest absolute Gasteiger partial charge is 0.394 e. The molecule has 0 rings (SSSR count). The van der Waals surface area contributed by atoms with Gasteiger partial charge in [0.05, 0.1) is 45.7 Å². The molecule has 0 fully saturated rings. The topological polar surface area (TPSA) is 58.9 Å². The fraction of sp³-hybridized carbons (Fsp3) is 1.00. The van der Waals surface area contributed by atoms with E-state index in [1.807, 2.05) is 0 Å². The van der Waals surface area contributed by atoms with Crippen molar-refractivity contribution in [3.63, 3.8) is 0 Å². The Morgan fingerprint density at radius 1 is 1.40 bits per heavy atom. The first-order valence-electron chi connectivity index (χ1n) is 2.56. The Bertz CT molecular complexity index is 81.7. The van der Waals surface area contributed by atoms with Gasteiger partial charge in [-0.2, -0.15) is 0 Å². The molecule has 2 N–H and O–H groups in total. The van der Waals surface area contributed by atoms with Crippen molar-refractivity contribution >= 4 is 32.5 Å². The molecule has 0 spiro atoms. The van der Waals surface area contributed by atoms with Crippen LogP contribution in [-0.4, -0.2) is 35.6 Å². The molecule has 2 atom stereocenters. The highest BCUT2D eigenvalue weighted by atomic mass is 79.9. The van der Waals surface area contributed by atoms with Gasteiger partial charge in [-0.15, -0.1) is 0 Å². The monoisotopic (exact) mass is 278 g/mol. The van der Waals surface area contributed by atoms with Gasteiger partial charge in [0, 0.05) is 0 Å². The zero-order chi connectivity index (χ0) is 7.98. The van der Waals surface area contributed by atoms with Gasteiger partial charge in [-0.25, -0.2) is 0 Å². The summed E-state index contributed by atoms with van der Waals surface area (Å²) in [7, 11) is 0. The first-order valence-corrected chi connectivity index (χ1v) is 3.85. The van der Waals surface area contributed by atoms with Gasteiger partial charge < -0.3 is 14.0 Å². The maximum absolute atomic E-state index is 8.94. The van der Waals surface area contributed by atoms with Crippen molar-refractivity contribution in [2.24, 2.45) is 0 Å². The maximum Gasteiger partial charge on any atom is 0.125 e. The van der Waals surface area contributed by atoms with Crippen LogP contribution in [0.3, 0.4) is 0 Å². The summed E-state index contributed by atoms with van der Waals surface area (Å²) in [4.78, 5) is 0. The second-order valence-electron chi connectivity index (χ2n) is 1.65. The Morgan fingerprint density at radius 2 is 2.00 bits per heavy atom. The van der Waals surface area contributed by atoms with E-state index in [1.54, 1.807) is 0 Å². The van der Waals surface area contributed by atoms with E-state index in [4.69, 9.17) is 10.2 Å². The fourth-order valence-electron chi connectivity index (χ4n) is 0.376. The molecule has 0 aromatic rings. The van der Waals surface area contributed by atoms with Crippen LogP contribution in [0.5, 0.6) is 0 Å². The van der Waals surface area contributed by atoms with E-state index in [1.165, 1.54) is 0 Å². The smallest absolute Gasteiger partial charge is 0.125 e. The van der Waals surface area contributed by atoms with Gasteiger partial charge >= 0.3 is 0 Å². The normalized spacial score (nSPS) is 16.8. The van der Waals surface area contributed by atoms with Crippen LogP contribution in [0.15, 0.2) is 0 Å². The molecule has 0 heterocycles. The van der Waals surface area contributed by atoms with Crippen LogP contribution in [0.2, 0.25) is 0 Å². The molecule has 0 saturated carbocycles. The first-order chi connectivity index (χ1) is 4.76. The molecule has 0 radical (unpaired) electrons. The van der Waals surface area contributed by atoms with E-state index in [2.05, 4.69) is 40.2 Å². The summed E-state index contributed by atoms with van der Waals surface area (Å²) in [6.07, 6.45) is -1.50. The average molecular weight is 280 g/mol. The number of halogens is 2. The summed E-state index contributed by atoms with van der Waals surface area (Å²) in [5.41, 5.74) is 0. The molecule has 0 unspecified atom stereocenters. The maximum atomic E-state index is 8.94. The second kappa shape index (κ2) is 6.51. The molecule has 6 heteroatoms. The van der Waals surface area contributed by atoms with E-state index in [0.29, 0.717) is 0 Å². The molecule has 0 aliphatic heterocycles. The summed E-state index contributed by atoms with van der Waals surface area (Å²) >= 11 is 5.38. The third-order valence-electron chi connectivity index (χ3n) is 0.958. The first kappa shape index (κ1) is 10.8. The molecule has 0 aromatic heterocycles. The quantitative estimate of drug-likeness (QED) is 0.763. The second-order valence-corrected chi connectivity index (χ2v) is 2.48. The average Bonchev–Trinajstić information content (AvgIpc) is 1.99. The standard InChI is InChI=1S/C4H8Br2O4/c5-9-2-4(10-6)3(8)1-7/h3-4,7-8H,1-2H2/t3-,4+/m1/s1. The lowest BCUT2D eigenvalue weighted by atomic mass is 10.2. The van der Waals surface area contributed by atoms with E-state index in [0.717, 1.165) is 0 Å². The van der Waals surface area contributed by atoms with E-state index in [9.17, 15) is 0 Å². The highest BCUT2D eigenvalue weighted by Crippen LogP contribution is 2.05. The number of aliphatic hydroxyl groups is 2. The molecular weight excluding hydrogens is 272 g/mol. The lowest BCUT2D eigenvalue weighted by Gasteiger charge is -2.15. The van der Waals surface area contributed by atoms with Gasteiger partial charge in [0.25, 0.3) is 0 Å². The molecule has 0 amide bonds. The minimum absolute atomic E-state index is 0.160. The van der Waals surface area contributed by atoms with E-state index in [-0.39, 0.29) is 13.2 Å². The summed E-state index contributed by atoms with van der Waals surface area (Å²) < 4.78 is 9.10. The minimum atomic E-state index is -0.933. The third-order valence-corrected chi connectivity index (χ3v) is 1.70. The zero-order valence-corrected chi connectivity index (χ0v) is 8.21. The minimum Gasteiger partial charge on any atom is -0.394 e. The molecular formula is C4H8Br2O4. The highest BCUT2D eigenvalue weighted by Gasteiger charge is 2.18. The van der Waals surface area contributed by atoms with Crippen LogP contribution in [0.1, 0.15) is 0 Å². The molecule has 0 saturated heterocycles. The lowest BCUT2D eigenvalue weighted by molar-refractivity contribution is -0.00326. The molecule has 0 aliphatic carbocycles. The summed E-state index contributed by atoms with van der Waals surface area (Å²) in [5.74, 6) is 0. The van der Waals surface area contributed by atoms with Crippen LogP contribution in [-0.2, 0) is 7.66 Å². The van der Waals surface area contributed by atoms with Gasteiger partial charge in [-0.05, 0) is 0 Å². The van der Waals surface area contributed by atoms with Gasteiger partial charge in [0.2, 0.25) is 0 Å². The van der Waals surface area contributed by atoms with Crippen LogP contribution in [0.4, 0.5) is 0 Å². The number of aliphatic hydroxyl groups excluding tert-OH is 2. The Morgan fingerprint density at radius 3 is 2.30 bits per heavy atom. The van der Waals surface area contributed by atoms with Crippen molar-refractivity contribution in [1.29, 1.82) is 0 Å². The molecule has 0 bridgehead atoms. The van der Waals surface area contributed by atoms with Crippen molar-refractivity contribution in [1.82, 2.24) is 0 Å². The van der Waals surface area contributed by atoms with Gasteiger partial charge in [-0.1, -0.05) is 0 Å². The van der Waals surface area contributed by atoms with Gasteiger partial charge in [0.15, 0.2) is 0 Å². The molecule has 62 valence electrons. The van der Waals surface area contributed by atoms with Crippen LogP contribution in [0.25, 0.3) is 0 Å². The van der Waals surface area contributed by atoms with Crippen molar-refractivity contribution in [3.05, 3.63) is 0 Å².